The van der Waals surface area contributed by atoms with Gasteiger partial charge in [0.1, 0.15) is 0 Å². The highest BCUT2D eigenvalue weighted by Gasteiger charge is 2.49. The summed E-state index contributed by atoms with van der Waals surface area (Å²) in [7, 11) is -6.08. The van der Waals surface area contributed by atoms with E-state index in [9.17, 15) is 31.7 Å². The zero-order valence-corrected chi connectivity index (χ0v) is 14.0. The minimum atomic E-state index is -6.08. The molecule has 0 radical (unpaired) electrons. The molecule has 0 unspecified atom stereocenters. The maximum atomic E-state index is 12.8. The van der Waals surface area contributed by atoms with Crippen molar-refractivity contribution in [3.8, 4) is 5.75 Å². The van der Waals surface area contributed by atoms with Gasteiger partial charge in [0.2, 0.25) is 5.75 Å². The monoisotopic (exact) mass is 395 g/mol. The first kappa shape index (κ1) is 17.3. The lowest BCUT2D eigenvalue weighted by Gasteiger charge is -2.15. The van der Waals surface area contributed by atoms with E-state index in [-0.39, 0.29) is 5.39 Å². The van der Waals surface area contributed by atoms with Gasteiger partial charge in [0, 0.05) is 16.8 Å². The van der Waals surface area contributed by atoms with Gasteiger partial charge in [-0.15, -0.1) is 0 Å². The first-order valence-electron chi connectivity index (χ1n) is 7.46. The Hall–Kier alpha value is -3.14. The molecule has 4 rings (SSSR count). The van der Waals surface area contributed by atoms with Crippen molar-refractivity contribution in [1.82, 2.24) is 0 Å². The molecular weight excluding hydrogens is 387 g/mol. The molecular formula is C17H8F3NO5S. The Balaban J connectivity index is 2.16. The first-order valence-corrected chi connectivity index (χ1v) is 8.86. The number of nitrogens with zero attached hydrogens (tertiary/aromatic N) is 1. The summed E-state index contributed by atoms with van der Waals surface area (Å²) in [5, 5.41) is 14.2. The predicted molar refractivity (Wildman–Crippen MR) is 92.4 cm³/mol. The molecule has 0 atom stereocenters. The molecule has 0 fully saturated rings. The van der Waals surface area contributed by atoms with Crippen molar-refractivity contribution in [3.63, 3.8) is 0 Å². The smallest absolute Gasteiger partial charge is 0.368 e. The van der Waals surface area contributed by atoms with Crippen molar-refractivity contribution in [3.05, 3.63) is 58.6 Å². The second kappa shape index (κ2) is 5.43. The van der Waals surface area contributed by atoms with Gasteiger partial charge in [0.25, 0.3) is 0 Å². The van der Waals surface area contributed by atoms with Crippen molar-refractivity contribution < 1.29 is 30.7 Å². The average molecular weight is 395 g/mol. The number of nitro benzene ring substituents is 1. The van der Waals surface area contributed by atoms with Crippen LogP contribution in [0, 0.1) is 10.1 Å². The van der Waals surface area contributed by atoms with Gasteiger partial charge in [-0.25, -0.2) is 0 Å². The van der Waals surface area contributed by atoms with Crippen LogP contribution in [0.4, 0.5) is 18.9 Å². The Morgan fingerprint density at radius 2 is 1.52 bits per heavy atom. The molecule has 0 saturated heterocycles. The van der Waals surface area contributed by atoms with Crippen LogP contribution in [-0.4, -0.2) is 18.8 Å². The van der Waals surface area contributed by atoms with E-state index < -0.39 is 32.0 Å². The highest BCUT2D eigenvalue weighted by molar-refractivity contribution is 7.88. The number of benzene rings is 4. The van der Waals surface area contributed by atoms with E-state index in [0.717, 1.165) is 16.8 Å². The lowest BCUT2D eigenvalue weighted by molar-refractivity contribution is -0.385. The molecule has 0 aliphatic rings. The lowest BCUT2D eigenvalue weighted by atomic mass is 9.93. The van der Waals surface area contributed by atoms with Gasteiger partial charge < -0.3 is 4.18 Å². The van der Waals surface area contributed by atoms with Crippen LogP contribution in [0.5, 0.6) is 5.75 Å². The molecule has 0 amide bonds. The fraction of sp³-hybridized carbons (Fsp3) is 0.0588. The molecule has 10 heteroatoms. The molecule has 138 valence electrons. The van der Waals surface area contributed by atoms with E-state index in [1.54, 1.807) is 36.4 Å². The molecule has 0 spiro atoms. The Labute approximate surface area is 149 Å². The molecule has 0 aromatic heterocycles. The van der Waals surface area contributed by atoms with Crippen molar-refractivity contribution in [2.24, 2.45) is 0 Å². The summed E-state index contributed by atoms with van der Waals surface area (Å²) >= 11 is 0. The number of hydrogen-bond acceptors (Lipinski definition) is 5. The quantitative estimate of drug-likeness (QED) is 0.165. The van der Waals surface area contributed by atoms with Crippen molar-refractivity contribution in [1.29, 1.82) is 0 Å². The Kier molecular flexibility index (Phi) is 3.47. The molecule has 0 N–H and O–H groups in total. The molecule has 0 aliphatic heterocycles. The highest BCUT2D eigenvalue weighted by atomic mass is 32.2. The summed E-state index contributed by atoms with van der Waals surface area (Å²) in [6.07, 6.45) is 0. The summed E-state index contributed by atoms with van der Waals surface area (Å²) in [4.78, 5) is 10.4. The zero-order chi connectivity index (χ0) is 19.6. The fourth-order valence-electron chi connectivity index (χ4n) is 3.15. The van der Waals surface area contributed by atoms with Crippen molar-refractivity contribution >= 4 is 48.1 Å². The number of halogens is 3. The Bertz CT molecular complexity index is 1320. The third-order valence-electron chi connectivity index (χ3n) is 4.25. The topological polar surface area (TPSA) is 86.5 Å². The minimum absolute atomic E-state index is 0.0867. The van der Waals surface area contributed by atoms with Crippen LogP contribution in [0.15, 0.2) is 48.5 Å². The largest absolute Gasteiger partial charge is 0.534 e. The molecule has 0 heterocycles. The number of rotatable bonds is 3. The van der Waals surface area contributed by atoms with Crippen LogP contribution in [0.1, 0.15) is 0 Å². The van der Waals surface area contributed by atoms with E-state index in [1.807, 2.05) is 0 Å². The van der Waals surface area contributed by atoms with Crippen molar-refractivity contribution in [2.75, 3.05) is 0 Å². The van der Waals surface area contributed by atoms with Crippen molar-refractivity contribution in [2.45, 2.75) is 5.51 Å². The Morgan fingerprint density at radius 1 is 0.926 bits per heavy atom. The van der Waals surface area contributed by atoms with Gasteiger partial charge in [-0.1, -0.05) is 36.4 Å². The van der Waals surface area contributed by atoms with Gasteiger partial charge in [0.15, 0.2) is 0 Å². The SMILES string of the molecule is O=[N+]([O-])c1cc2ccc3cccc4ccc(c1OS(=O)(=O)C(F)(F)F)c2c34. The summed E-state index contributed by atoms with van der Waals surface area (Å²) in [5.74, 6) is -0.955. The van der Waals surface area contributed by atoms with Gasteiger partial charge in [-0.2, -0.15) is 21.6 Å². The molecule has 0 saturated carbocycles. The predicted octanol–water partition coefficient (Wildman–Crippen LogP) is 4.72. The zero-order valence-electron chi connectivity index (χ0n) is 13.1. The number of hydrogen-bond donors (Lipinski definition) is 0. The summed E-state index contributed by atoms with van der Waals surface area (Å²) in [6, 6.07) is 12.5. The standard InChI is InChI=1S/C17H8F3NO5S/c18-17(19,20)27(24,25)26-16-12-7-6-10-3-1-2-9-4-5-11(15(12)14(9)10)8-13(16)21(22)23/h1-8H. The van der Waals surface area contributed by atoms with Gasteiger partial charge in [-0.05, 0) is 27.6 Å². The second-order valence-corrected chi connectivity index (χ2v) is 7.36. The summed E-state index contributed by atoms with van der Waals surface area (Å²) in [6.45, 7) is 0. The van der Waals surface area contributed by atoms with E-state index >= 15 is 0 Å². The summed E-state index contributed by atoms with van der Waals surface area (Å²) in [5.41, 5.74) is -6.58. The molecule has 6 nitrogen and oxygen atoms in total. The Morgan fingerprint density at radius 3 is 2.11 bits per heavy atom. The van der Waals surface area contributed by atoms with Crippen LogP contribution in [0.2, 0.25) is 0 Å². The third kappa shape index (κ3) is 2.52. The highest BCUT2D eigenvalue weighted by Crippen LogP contribution is 2.45. The maximum absolute atomic E-state index is 12.8. The molecule has 4 aromatic carbocycles. The number of alkyl halides is 3. The van der Waals surface area contributed by atoms with E-state index in [2.05, 4.69) is 4.18 Å². The maximum Gasteiger partial charge on any atom is 0.534 e. The molecule has 0 bridgehead atoms. The van der Waals surface area contributed by atoms with E-state index in [0.29, 0.717) is 16.2 Å². The lowest BCUT2D eigenvalue weighted by Crippen LogP contribution is -2.28. The van der Waals surface area contributed by atoms with Gasteiger partial charge in [0.05, 0.1) is 4.92 Å². The fourth-order valence-corrected chi connectivity index (χ4v) is 3.64. The van der Waals surface area contributed by atoms with E-state index in [4.69, 9.17) is 0 Å². The first-order chi connectivity index (χ1) is 12.6. The second-order valence-electron chi connectivity index (χ2n) is 5.82. The molecule has 4 aromatic rings. The van der Waals surface area contributed by atoms with Crippen LogP contribution in [0.25, 0.3) is 32.3 Å². The number of nitro groups is 1. The summed E-state index contributed by atoms with van der Waals surface area (Å²) < 4.78 is 65.5. The average Bonchev–Trinajstić information content (AvgIpc) is 2.59. The normalized spacial score (nSPS) is 12.9. The van der Waals surface area contributed by atoms with Crippen LogP contribution < -0.4 is 4.18 Å². The van der Waals surface area contributed by atoms with Crippen LogP contribution in [0.3, 0.4) is 0 Å². The van der Waals surface area contributed by atoms with E-state index in [1.165, 1.54) is 6.07 Å². The van der Waals surface area contributed by atoms with Gasteiger partial charge >= 0.3 is 21.3 Å². The minimum Gasteiger partial charge on any atom is -0.368 e. The van der Waals surface area contributed by atoms with Gasteiger partial charge in [-0.3, -0.25) is 10.1 Å². The third-order valence-corrected chi connectivity index (χ3v) is 5.20. The van der Waals surface area contributed by atoms with Crippen LogP contribution >= 0.6 is 0 Å². The molecule has 27 heavy (non-hydrogen) atoms. The van der Waals surface area contributed by atoms with Crippen LogP contribution in [-0.2, 0) is 10.1 Å². The molecule has 0 aliphatic carbocycles.